The van der Waals surface area contributed by atoms with Crippen molar-refractivity contribution in [2.24, 2.45) is 7.05 Å². The van der Waals surface area contributed by atoms with Gasteiger partial charge in [0.05, 0.1) is 11.0 Å². The highest BCUT2D eigenvalue weighted by Crippen LogP contribution is 2.25. The molecule has 0 saturated carbocycles. The first-order chi connectivity index (χ1) is 8.65. The monoisotopic (exact) mass is 237 g/mol. The lowest BCUT2D eigenvalue weighted by Gasteiger charge is -2.03. The number of hydrogen-bond donors (Lipinski definition) is 1. The summed E-state index contributed by atoms with van der Waals surface area (Å²) in [6.45, 7) is 2.09. The molecule has 0 saturated heterocycles. The summed E-state index contributed by atoms with van der Waals surface area (Å²) in [5.74, 6) is 0.972. The second kappa shape index (κ2) is 3.88. The normalized spacial score (nSPS) is 11.0. The van der Waals surface area contributed by atoms with Crippen LogP contribution in [0.2, 0.25) is 0 Å². The van der Waals surface area contributed by atoms with Crippen LogP contribution in [0.5, 0.6) is 0 Å². The van der Waals surface area contributed by atoms with E-state index < -0.39 is 0 Å². The summed E-state index contributed by atoms with van der Waals surface area (Å²) in [5, 5.41) is 0. The van der Waals surface area contributed by atoms with Gasteiger partial charge in [0.2, 0.25) is 0 Å². The number of benzene rings is 2. The lowest BCUT2D eigenvalue weighted by Crippen LogP contribution is -1.93. The van der Waals surface area contributed by atoms with Crippen molar-refractivity contribution in [2.45, 2.75) is 6.92 Å². The molecule has 3 aromatic rings. The van der Waals surface area contributed by atoms with Crippen LogP contribution in [0.15, 0.2) is 42.5 Å². The first-order valence-electron chi connectivity index (χ1n) is 5.94. The standard InChI is InChI=1S/C15H15N3/c1-10-4-3-5-11(8-10)15-17-13-7-6-12(16)9-14(13)18(15)2/h3-9H,16H2,1-2H3. The van der Waals surface area contributed by atoms with Gasteiger partial charge >= 0.3 is 0 Å². The van der Waals surface area contributed by atoms with Crippen LogP contribution in [0.4, 0.5) is 5.69 Å². The van der Waals surface area contributed by atoms with E-state index in [0.717, 1.165) is 28.1 Å². The Balaban J connectivity index is 2.27. The third-order valence-electron chi connectivity index (χ3n) is 3.18. The van der Waals surface area contributed by atoms with E-state index in [4.69, 9.17) is 5.73 Å². The van der Waals surface area contributed by atoms with Crippen molar-refractivity contribution >= 4 is 16.7 Å². The summed E-state index contributed by atoms with van der Waals surface area (Å²) in [7, 11) is 2.02. The maximum atomic E-state index is 5.82. The maximum Gasteiger partial charge on any atom is 0.140 e. The molecule has 0 aliphatic rings. The van der Waals surface area contributed by atoms with Crippen molar-refractivity contribution in [1.29, 1.82) is 0 Å². The largest absolute Gasteiger partial charge is 0.399 e. The SMILES string of the molecule is Cc1cccc(-c2nc3ccc(N)cc3n2C)c1. The molecule has 0 amide bonds. The zero-order chi connectivity index (χ0) is 12.7. The number of nitrogen functional groups attached to an aromatic ring is 1. The predicted molar refractivity (Wildman–Crippen MR) is 75.3 cm³/mol. The number of imidazole rings is 1. The van der Waals surface area contributed by atoms with Crippen LogP contribution in [0.25, 0.3) is 22.4 Å². The minimum atomic E-state index is 0.765. The summed E-state index contributed by atoms with van der Waals surface area (Å²) in [6, 6.07) is 14.2. The number of hydrogen-bond acceptors (Lipinski definition) is 2. The summed E-state index contributed by atoms with van der Waals surface area (Å²) < 4.78 is 2.08. The number of nitrogens with two attached hydrogens (primary N) is 1. The Labute approximate surface area is 106 Å². The Morgan fingerprint density at radius 1 is 1.11 bits per heavy atom. The van der Waals surface area contributed by atoms with E-state index >= 15 is 0 Å². The fourth-order valence-corrected chi connectivity index (χ4v) is 2.25. The molecule has 0 unspecified atom stereocenters. The molecular formula is C15H15N3. The lowest BCUT2D eigenvalue weighted by atomic mass is 10.1. The zero-order valence-electron chi connectivity index (χ0n) is 10.5. The topological polar surface area (TPSA) is 43.8 Å². The summed E-state index contributed by atoms with van der Waals surface area (Å²) in [6.07, 6.45) is 0. The van der Waals surface area contributed by atoms with Crippen LogP contribution in [0.1, 0.15) is 5.56 Å². The van der Waals surface area contributed by atoms with Crippen molar-refractivity contribution in [3.05, 3.63) is 48.0 Å². The Bertz CT molecular complexity index is 726. The molecule has 3 rings (SSSR count). The highest BCUT2D eigenvalue weighted by molar-refractivity contribution is 5.83. The predicted octanol–water partition coefficient (Wildman–Crippen LogP) is 3.13. The van der Waals surface area contributed by atoms with Crippen LogP contribution in [-0.2, 0) is 7.05 Å². The van der Waals surface area contributed by atoms with Gasteiger partial charge in [0.25, 0.3) is 0 Å². The van der Waals surface area contributed by atoms with Crippen LogP contribution in [0.3, 0.4) is 0 Å². The average molecular weight is 237 g/mol. The van der Waals surface area contributed by atoms with Crippen LogP contribution in [0, 0.1) is 6.92 Å². The van der Waals surface area contributed by atoms with E-state index in [-0.39, 0.29) is 0 Å². The molecule has 0 aliphatic carbocycles. The molecule has 18 heavy (non-hydrogen) atoms. The molecule has 90 valence electrons. The van der Waals surface area contributed by atoms with Crippen molar-refractivity contribution in [3.8, 4) is 11.4 Å². The van der Waals surface area contributed by atoms with Crippen molar-refractivity contribution in [1.82, 2.24) is 9.55 Å². The number of rotatable bonds is 1. The van der Waals surface area contributed by atoms with Gasteiger partial charge in [-0.15, -0.1) is 0 Å². The van der Waals surface area contributed by atoms with Crippen molar-refractivity contribution in [3.63, 3.8) is 0 Å². The first kappa shape index (κ1) is 10.8. The highest BCUT2D eigenvalue weighted by Gasteiger charge is 2.09. The minimum absolute atomic E-state index is 0.765. The molecule has 1 heterocycles. The number of aromatic nitrogens is 2. The quantitative estimate of drug-likeness (QED) is 0.661. The van der Waals surface area contributed by atoms with E-state index in [1.807, 2.05) is 25.2 Å². The van der Waals surface area contributed by atoms with Crippen molar-refractivity contribution in [2.75, 3.05) is 5.73 Å². The van der Waals surface area contributed by atoms with E-state index in [0.29, 0.717) is 0 Å². The molecule has 0 aliphatic heterocycles. The van der Waals surface area contributed by atoms with E-state index in [1.54, 1.807) is 0 Å². The zero-order valence-corrected chi connectivity index (χ0v) is 10.5. The molecule has 1 aromatic heterocycles. The van der Waals surface area contributed by atoms with E-state index in [1.165, 1.54) is 5.56 Å². The van der Waals surface area contributed by atoms with Crippen molar-refractivity contribution < 1.29 is 0 Å². The van der Waals surface area contributed by atoms with Crippen LogP contribution < -0.4 is 5.73 Å². The Morgan fingerprint density at radius 3 is 2.72 bits per heavy atom. The maximum absolute atomic E-state index is 5.82. The first-order valence-corrected chi connectivity index (χ1v) is 5.94. The van der Waals surface area contributed by atoms with Gasteiger partial charge in [-0.05, 0) is 31.2 Å². The van der Waals surface area contributed by atoms with Gasteiger partial charge in [-0.2, -0.15) is 0 Å². The van der Waals surface area contributed by atoms with E-state index in [2.05, 4.69) is 40.7 Å². The van der Waals surface area contributed by atoms with Gasteiger partial charge < -0.3 is 10.3 Å². The molecule has 0 fully saturated rings. The van der Waals surface area contributed by atoms with Gasteiger partial charge in [-0.25, -0.2) is 4.98 Å². The summed E-state index contributed by atoms with van der Waals surface area (Å²) >= 11 is 0. The molecule has 0 bridgehead atoms. The molecule has 0 spiro atoms. The Hall–Kier alpha value is -2.29. The second-order valence-corrected chi connectivity index (χ2v) is 4.61. The van der Waals surface area contributed by atoms with Crippen LogP contribution in [-0.4, -0.2) is 9.55 Å². The van der Waals surface area contributed by atoms with Gasteiger partial charge in [0, 0.05) is 18.3 Å². The van der Waals surface area contributed by atoms with E-state index in [9.17, 15) is 0 Å². The highest BCUT2D eigenvalue weighted by atomic mass is 15.1. The molecule has 2 N–H and O–H groups in total. The number of anilines is 1. The molecule has 0 radical (unpaired) electrons. The van der Waals surface area contributed by atoms with Crippen LogP contribution >= 0.6 is 0 Å². The average Bonchev–Trinajstić information content (AvgIpc) is 2.67. The number of nitrogens with zero attached hydrogens (tertiary/aromatic N) is 2. The number of fused-ring (bicyclic) bond motifs is 1. The third kappa shape index (κ3) is 1.64. The lowest BCUT2D eigenvalue weighted by molar-refractivity contribution is 0.959. The Kier molecular flexibility index (Phi) is 2.33. The molecule has 3 nitrogen and oxygen atoms in total. The van der Waals surface area contributed by atoms with Gasteiger partial charge in [0.1, 0.15) is 5.82 Å². The number of aryl methyl sites for hydroxylation is 2. The molecule has 0 atom stereocenters. The van der Waals surface area contributed by atoms with Gasteiger partial charge in [0.15, 0.2) is 0 Å². The smallest absolute Gasteiger partial charge is 0.140 e. The fourth-order valence-electron chi connectivity index (χ4n) is 2.25. The molecule has 2 aromatic carbocycles. The van der Waals surface area contributed by atoms with Gasteiger partial charge in [-0.3, -0.25) is 0 Å². The second-order valence-electron chi connectivity index (χ2n) is 4.61. The fraction of sp³-hybridized carbons (Fsp3) is 0.133. The summed E-state index contributed by atoms with van der Waals surface area (Å²) in [5.41, 5.74) is 11.0. The van der Waals surface area contributed by atoms with Gasteiger partial charge in [-0.1, -0.05) is 23.8 Å². The Morgan fingerprint density at radius 2 is 1.94 bits per heavy atom. The third-order valence-corrected chi connectivity index (χ3v) is 3.18. The molecule has 3 heteroatoms. The minimum Gasteiger partial charge on any atom is -0.399 e. The summed E-state index contributed by atoms with van der Waals surface area (Å²) in [4.78, 5) is 4.67. The molecular weight excluding hydrogens is 222 g/mol.